The van der Waals surface area contributed by atoms with Gasteiger partial charge in [0, 0.05) is 5.73 Å². The summed E-state index contributed by atoms with van der Waals surface area (Å²) in [6.45, 7) is 6.67. The monoisotopic (exact) mass is 222 g/mol. The highest BCUT2D eigenvalue weighted by Gasteiger charge is 2.23. The minimum absolute atomic E-state index is 0.0544. The molecule has 0 amide bonds. The summed E-state index contributed by atoms with van der Waals surface area (Å²) in [7, 11) is -1.34. The summed E-state index contributed by atoms with van der Waals surface area (Å²) in [4.78, 5) is 0. The van der Waals surface area contributed by atoms with Gasteiger partial charge in [-0.1, -0.05) is 50.0 Å². The lowest BCUT2D eigenvalue weighted by Crippen LogP contribution is -2.37. The van der Waals surface area contributed by atoms with Gasteiger partial charge in [-0.2, -0.15) is 0 Å². The Morgan fingerprint density at radius 1 is 1.13 bits per heavy atom. The lowest BCUT2D eigenvalue weighted by molar-refractivity contribution is 0.230. The summed E-state index contributed by atoms with van der Waals surface area (Å²) in [6, 6.07) is 10.5. The first-order valence-electron chi connectivity index (χ1n) is 5.72. The molecular weight excluding hydrogens is 200 g/mol. The van der Waals surface area contributed by atoms with Crippen LogP contribution in [0.5, 0.6) is 0 Å². The van der Waals surface area contributed by atoms with Crippen LogP contribution in [0, 0.1) is 0 Å². The Kier molecular flexibility index (Phi) is 4.55. The van der Waals surface area contributed by atoms with Gasteiger partial charge in [-0.25, -0.2) is 0 Å². The number of rotatable bonds is 5. The van der Waals surface area contributed by atoms with Crippen LogP contribution in [0.3, 0.4) is 0 Å². The molecule has 0 saturated heterocycles. The number of hydrogen-bond acceptors (Lipinski definition) is 1. The van der Waals surface area contributed by atoms with Crippen LogP contribution < -0.4 is 0 Å². The Morgan fingerprint density at radius 2 is 1.73 bits per heavy atom. The van der Waals surface area contributed by atoms with Crippen LogP contribution in [-0.4, -0.2) is 18.9 Å². The first-order chi connectivity index (χ1) is 7.00. The second-order valence-corrected chi connectivity index (χ2v) is 10.7. The summed E-state index contributed by atoms with van der Waals surface area (Å²) in [5.41, 5.74) is 1.32. The molecule has 0 fully saturated rings. The molecule has 1 N–H and O–H groups in total. The second-order valence-electron chi connectivity index (χ2n) is 5.26. The van der Waals surface area contributed by atoms with Crippen molar-refractivity contribution in [2.75, 3.05) is 0 Å². The molecule has 2 heteroatoms. The first kappa shape index (κ1) is 12.5. The predicted octanol–water partition coefficient (Wildman–Crippen LogP) is 3.25. The van der Waals surface area contributed by atoms with Crippen LogP contribution >= 0.6 is 0 Å². The van der Waals surface area contributed by atoms with Crippen molar-refractivity contribution in [2.24, 2.45) is 0 Å². The second kappa shape index (κ2) is 5.47. The molecule has 1 aromatic rings. The molecule has 15 heavy (non-hydrogen) atoms. The third-order valence-electron chi connectivity index (χ3n) is 2.79. The largest absolute Gasteiger partial charge is 0.397 e. The minimum Gasteiger partial charge on any atom is -0.397 e. The van der Waals surface area contributed by atoms with Gasteiger partial charge in [0.15, 0.2) is 0 Å². The van der Waals surface area contributed by atoms with Gasteiger partial charge < -0.3 is 5.11 Å². The van der Waals surface area contributed by atoms with E-state index in [1.165, 1.54) is 5.56 Å². The summed E-state index contributed by atoms with van der Waals surface area (Å²) in [5, 5.41) is 9.93. The van der Waals surface area contributed by atoms with Gasteiger partial charge in [0.05, 0.1) is 8.07 Å². The fraction of sp³-hybridized carbons (Fsp3) is 0.538. The molecule has 1 nitrogen and oxygen atoms in total. The molecule has 0 aliphatic rings. The summed E-state index contributed by atoms with van der Waals surface area (Å²) in [6.07, 6.45) is 3.13. The SMILES string of the molecule is C[Si](C)(C)C(O)CCCc1ccccc1. The van der Waals surface area contributed by atoms with E-state index in [-0.39, 0.29) is 5.73 Å². The minimum atomic E-state index is -1.34. The molecule has 0 bridgehead atoms. The van der Waals surface area contributed by atoms with Crippen LogP contribution in [0.15, 0.2) is 30.3 Å². The van der Waals surface area contributed by atoms with Gasteiger partial charge in [-0.15, -0.1) is 0 Å². The molecule has 1 atom stereocenters. The molecule has 0 radical (unpaired) electrons. The highest BCUT2D eigenvalue weighted by Crippen LogP contribution is 2.14. The summed E-state index contributed by atoms with van der Waals surface area (Å²) >= 11 is 0. The van der Waals surface area contributed by atoms with E-state index in [4.69, 9.17) is 0 Å². The normalized spacial score (nSPS) is 13.9. The van der Waals surface area contributed by atoms with E-state index in [1.807, 2.05) is 6.07 Å². The Hall–Kier alpha value is -0.603. The molecule has 0 spiro atoms. The molecule has 0 aromatic heterocycles. The van der Waals surface area contributed by atoms with Crippen molar-refractivity contribution < 1.29 is 5.11 Å². The van der Waals surface area contributed by atoms with Crippen LogP contribution in [0.1, 0.15) is 18.4 Å². The molecule has 1 rings (SSSR count). The Bertz CT molecular complexity index is 276. The summed E-state index contributed by atoms with van der Waals surface area (Å²) < 4.78 is 0. The van der Waals surface area contributed by atoms with E-state index >= 15 is 0 Å². The third-order valence-corrected chi connectivity index (χ3v) is 5.07. The average Bonchev–Trinajstić information content (AvgIpc) is 2.18. The van der Waals surface area contributed by atoms with Gasteiger partial charge in [0.1, 0.15) is 0 Å². The molecule has 0 saturated carbocycles. The van der Waals surface area contributed by atoms with Gasteiger partial charge in [-0.05, 0) is 24.8 Å². The van der Waals surface area contributed by atoms with Crippen molar-refractivity contribution >= 4 is 8.07 Å². The number of benzene rings is 1. The molecule has 0 aliphatic carbocycles. The van der Waals surface area contributed by atoms with E-state index in [2.05, 4.69) is 43.9 Å². The highest BCUT2D eigenvalue weighted by molar-refractivity contribution is 6.77. The van der Waals surface area contributed by atoms with E-state index in [9.17, 15) is 5.11 Å². The predicted molar refractivity (Wildman–Crippen MR) is 68.7 cm³/mol. The fourth-order valence-electron chi connectivity index (χ4n) is 1.58. The number of aliphatic hydroxyl groups excluding tert-OH is 1. The smallest absolute Gasteiger partial charge is 0.0781 e. The zero-order chi connectivity index (χ0) is 11.3. The van der Waals surface area contributed by atoms with Crippen molar-refractivity contribution in [3.05, 3.63) is 35.9 Å². The number of hydrogen-bond donors (Lipinski definition) is 1. The Labute approximate surface area is 94.2 Å². The molecular formula is C13H22OSi. The van der Waals surface area contributed by atoms with Crippen molar-refractivity contribution in [3.63, 3.8) is 0 Å². The van der Waals surface area contributed by atoms with Crippen LogP contribution in [0.4, 0.5) is 0 Å². The van der Waals surface area contributed by atoms with E-state index < -0.39 is 8.07 Å². The van der Waals surface area contributed by atoms with Crippen LogP contribution in [-0.2, 0) is 6.42 Å². The lowest BCUT2D eigenvalue weighted by atomic mass is 10.1. The lowest BCUT2D eigenvalue weighted by Gasteiger charge is -2.23. The standard InChI is InChI=1S/C13H22OSi/c1-15(2,3)13(14)11-7-10-12-8-5-4-6-9-12/h4-6,8-9,13-14H,7,10-11H2,1-3H3. The van der Waals surface area contributed by atoms with Gasteiger partial charge >= 0.3 is 0 Å². The maximum atomic E-state index is 9.93. The highest BCUT2D eigenvalue weighted by atomic mass is 28.3. The van der Waals surface area contributed by atoms with Gasteiger partial charge in [0.2, 0.25) is 0 Å². The van der Waals surface area contributed by atoms with E-state index in [0.717, 1.165) is 19.3 Å². The number of aryl methyl sites for hydroxylation is 1. The fourth-order valence-corrected chi connectivity index (χ4v) is 2.65. The average molecular weight is 222 g/mol. The Morgan fingerprint density at radius 3 is 2.27 bits per heavy atom. The van der Waals surface area contributed by atoms with E-state index in [0.29, 0.717) is 0 Å². The van der Waals surface area contributed by atoms with Crippen molar-refractivity contribution in [3.8, 4) is 0 Å². The van der Waals surface area contributed by atoms with Crippen molar-refractivity contribution in [1.82, 2.24) is 0 Å². The zero-order valence-corrected chi connectivity index (χ0v) is 11.0. The zero-order valence-electron chi connectivity index (χ0n) is 10.0. The molecule has 84 valence electrons. The molecule has 1 unspecified atom stereocenters. The van der Waals surface area contributed by atoms with Crippen LogP contribution in [0.25, 0.3) is 0 Å². The van der Waals surface area contributed by atoms with Crippen molar-refractivity contribution in [1.29, 1.82) is 0 Å². The number of aliphatic hydroxyl groups is 1. The summed E-state index contributed by atoms with van der Waals surface area (Å²) in [5.74, 6) is 0. The van der Waals surface area contributed by atoms with E-state index in [1.54, 1.807) is 0 Å². The van der Waals surface area contributed by atoms with Gasteiger partial charge in [0.25, 0.3) is 0 Å². The maximum absolute atomic E-state index is 9.93. The topological polar surface area (TPSA) is 20.2 Å². The third kappa shape index (κ3) is 4.63. The van der Waals surface area contributed by atoms with Crippen molar-refractivity contribution in [2.45, 2.75) is 44.6 Å². The first-order valence-corrected chi connectivity index (χ1v) is 9.30. The maximum Gasteiger partial charge on any atom is 0.0781 e. The quantitative estimate of drug-likeness (QED) is 0.758. The van der Waals surface area contributed by atoms with Crippen LogP contribution in [0.2, 0.25) is 19.6 Å². The van der Waals surface area contributed by atoms with Gasteiger partial charge in [-0.3, -0.25) is 0 Å². The Balaban J connectivity index is 2.28. The molecule has 1 aromatic carbocycles. The molecule has 0 aliphatic heterocycles. The molecule has 0 heterocycles.